The first-order valence-electron chi connectivity index (χ1n) is 9.36. The SMILES string of the molecule is O=C(CSc1nnc(-c2ccncc2)n1Cc1ccco1)Nc1ccccc1C(F)(F)F. The summed E-state index contributed by atoms with van der Waals surface area (Å²) >= 11 is 1.06. The van der Waals surface area contributed by atoms with Crippen molar-refractivity contribution in [2.45, 2.75) is 17.9 Å². The fraction of sp³-hybridized carbons (Fsp3) is 0.143. The van der Waals surface area contributed by atoms with Crippen molar-refractivity contribution in [3.63, 3.8) is 0 Å². The van der Waals surface area contributed by atoms with Crippen LogP contribution in [0.5, 0.6) is 0 Å². The van der Waals surface area contributed by atoms with Crippen molar-refractivity contribution >= 4 is 23.4 Å². The average molecular weight is 459 g/mol. The average Bonchev–Trinajstić information content (AvgIpc) is 3.43. The quantitative estimate of drug-likeness (QED) is 0.402. The molecule has 0 saturated carbocycles. The number of amides is 1. The van der Waals surface area contributed by atoms with Gasteiger partial charge in [-0.15, -0.1) is 10.2 Å². The smallest absolute Gasteiger partial charge is 0.418 e. The Morgan fingerprint density at radius 2 is 1.84 bits per heavy atom. The maximum Gasteiger partial charge on any atom is 0.418 e. The van der Waals surface area contributed by atoms with E-state index in [0.29, 0.717) is 23.3 Å². The van der Waals surface area contributed by atoms with Gasteiger partial charge in [-0.1, -0.05) is 23.9 Å². The number of anilines is 1. The van der Waals surface area contributed by atoms with Crippen LogP contribution in [0.3, 0.4) is 0 Å². The minimum absolute atomic E-state index is 0.154. The van der Waals surface area contributed by atoms with Crippen molar-refractivity contribution < 1.29 is 22.4 Å². The van der Waals surface area contributed by atoms with Crippen molar-refractivity contribution in [2.24, 2.45) is 0 Å². The molecule has 0 aliphatic heterocycles. The topological polar surface area (TPSA) is 85.8 Å². The number of aromatic nitrogens is 4. The van der Waals surface area contributed by atoms with Gasteiger partial charge in [0.15, 0.2) is 11.0 Å². The third-order valence-electron chi connectivity index (χ3n) is 4.39. The highest BCUT2D eigenvalue weighted by Crippen LogP contribution is 2.34. The molecule has 11 heteroatoms. The number of hydrogen-bond donors (Lipinski definition) is 1. The predicted molar refractivity (Wildman–Crippen MR) is 112 cm³/mol. The summed E-state index contributed by atoms with van der Waals surface area (Å²) in [5.41, 5.74) is -0.422. The number of furan rings is 1. The lowest BCUT2D eigenvalue weighted by atomic mass is 10.1. The van der Waals surface area contributed by atoms with Crippen molar-refractivity contribution in [2.75, 3.05) is 11.1 Å². The molecule has 0 atom stereocenters. The lowest BCUT2D eigenvalue weighted by Gasteiger charge is -2.13. The highest BCUT2D eigenvalue weighted by molar-refractivity contribution is 7.99. The number of thioether (sulfide) groups is 1. The van der Waals surface area contributed by atoms with Crippen LogP contribution in [0.15, 0.2) is 76.8 Å². The van der Waals surface area contributed by atoms with Gasteiger partial charge in [0.2, 0.25) is 5.91 Å². The molecule has 7 nitrogen and oxygen atoms in total. The van der Waals surface area contributed by atoms with Gasteiger partial charge in [-0.3, -0.25) is 14.3 Å². The Labute approximate surface area is 184 Å². The van der Waals surface area contributed by atoms with E-state index < -0.39 is 17.6 Å². The Kier molecular flexibility index (Phi) is 6.26. The third-order valence-corrected chi connectivity index (χ3v) is 5.36. The summed E-state index contributed by atoms with van der Waals surface area (Å²) in [7, 11) is 0. The van der Waals surface area contributed by atoms with Gasteiger partial charge in [0.1, 0.15) is 5.76 Å². The first kappa shape index (κ1) is 21.6. The van der Waals surface area contributed by atoms with E-state index in [0.717, 1.165) is 23.4 Å². The molecular weight excluding hydrogens is 443 g/mol. The second-order valence-corrected chi connectivity index (χ2v) is 7.53. The summed E-state index contributed by atoms with van der Waals surface area (Å²) in [5, 5.41) is 11.1. The molecule has 0 aliphatic rings. The van der Waals surface area contributed by atoms with Gasteiger partial charge in [0.25, 0.3) is 0 Å². The van der Waals surface area contributed by atoms with E-state index in [1.165, 1.54) is 18.2 Å². The number of halogens is 3. The lowest BCUT2D eigenvalue weighted by molar-refractivity contribution is -0.137. The molecule has 0 fully saturated rings. The minimum Gasteiger partial charge on any atom is -0.467 e. The number of nitrogens with zero attached hydrogens (tertiary/aromatic N) is 4. The number of hydrogen-bond acceptors (Lipinski definition) is 6. The van der Waals surface area contributed by atoms with Gasteiger partial charge in [-0.05, 0) is 36.4 Å². The van der Waals surface area contributed by atoms with Crippen LogP contribution in [0, 0.1) is 0 Å². The van der Waals surface area contributed by atoms with E-state index in [1.807, 2.05) is 0 Å². The van der Waals surface area contributed by atoms with Gasteiger partial charge in [-0.2, -0.15) is 13.2 Å². The fourth-order valence-corrected chi connectivity index (χ4v) is 3.70. The van der Waals surface area contributed by atoms with E-state index in [9.17, 15) is 18.0 Å². The Bertz CT molecular complexity index is 1190. The normalized spacial score (nSPS) is 11.5. The summed E-state index contributed by atoms with van der Waals surface area (Å²) in [5.74, 6) is 0.461. The molecule has 164 valence electrons. The lowest BCUT2D eigenvalue weighted by Crippen LogP contribution is -2.18. The number of nitrogens with one attached hydrogen (secondary N) is 1. The molecule has 1 aromatic carbocycles. The largest absolute Gasteiger partial charge is 0.467 e. The molecule has 32 heavy (non-hydrogen) atoms. The van der Waals surface area contributed by atoms with Crippen LogP contribution in [0.4, 0.5) is 18.9 Å². The van der Waals surface area contributed by atoms with E-state index in [4.69, 9.17) is 4.42 Å². The molecule has 0 unspecified atom stereocenters. The molecule has 1 N–H and O–H groups in total. The third kappa shape index (κ3) is 4.99. The molecular formula is C21H16F3N5O2S. The summed E-state index contributed by atoms with van der Waals surface area (Å²) < 4.78 is 46.7. The van der Waals surface area contributed by atoms with Crippen molar-refractivity contribution in [1.29, 1.82) is 0 Å². The number of alkyl halides is 3. The van der Waals surface area contributed by atoms with Gasteiger partial charge in [0.05, 0.1) is 29.8 Å². The van der Waals surface area contributed by atoms with Crippen LogP contribution in [0.2, 0.25) is 0 Å². The zero-order valence-corrected chi connectivity index (χ0v) is 17.2. The number of carbonyl (C=O) groups excluding carboxylic acids is 1. The number of para-hydroxylation sites is 1. The molecule has 0 saturated heterocycles. The van der Waals surface area contributed by atoms with Crippen LogP contribution in [-0.4, -0.2) is 31.4 Å². The molecule has 0 spiro atoms. The van der Waals surface area contributed by atoms with E-state index in [1.54, 1.807) is 47.5 Å². The molecule has 0 radical (unpaired) electrons. The van der Waals surface area contributed by atoms with Gasteiger partial charge in [-0.25, -0.2) is 0 Å². The van der Waals surface area contributed by atoms with Crippen LogP contribution in [0.1, 0.15) is 11.3 Å². The molecule has 0 aliphatic carbocycles. The maximum absolute atomic E-state index is 13.2. The van der Waals surface area contributed by atoms with Crippen molar-refractivity contribution in [3.05, 3.63) is 78.5 Å². The first-order chi connectivity index (χ1) is 15.4. The van der Waals surface area contributed by atoms with Gasteiger partial charge in [0, 0.05) is 18.0 Å². The van der Waals surface area contributed by atoms with Crippen LogP contribution in [0.25, 0.3) is 11.4 Å². The highest BCUT2D eigenvalue weighted by atomic mass is 32.2. The van der Waals surface area contributed by atoms with Crippen LogP contribution < -0.4 is 5.32 Å². The van der Waals surface area contributed by atoms with Gasteiger partial charge >= 0.3 is 6.18 Å². The van der Waals surface area contributed by atoms with Crippen LogP contribution in [-0.2, 0) is 17.5 Å². The Morgan fingerprint density at radius 3 is 2.56 bits per heavy atom. The molecule has 4 aromatic rings. The molecule has 3 heterocycles. The zero-order valence-electron chi connectivity index (χ0n) is 16.4. The Morgan fingerprint density at radius 1 is 1.06 bits per heavy atom. The van der Waals surface area contributed by atoms with Crippen LogP contribution >= 0.6 is 11.8 Å². The minimum atomic E-state index is -4.57. The molecule has 3 aromatic heterocycles. The zero-order chi connectivity index (χ0) is 22.6. The number of pyridine rings is 1. The molecule has 0 bridgehead atoms. The number of carbonyl (C=O) groups is 1. The monoisotopic (exact) mass is 459 g/mol. The number of benzene rings is 1. The predicted octanol–water partition coefficient (Wildman–Crippen LogP) is 4.73. The van der Waals surface area contributed by atoms with E-state index in [-0.39, 0.29) is 11.4 Å². The fourth-order valence-electron chi connectivity index (χ4n) is 2.97. The molecule has 1 amide bonds. The summed E-state index contributed by atoms with van der Waals surface area (Å²) in [6, 6.07) is 11.9. The summed E-state index contributed by atoms with van der Waals surface area (Å²) in [6.07, 6.45) is 0.225. The van der Waals surface area contributed by atoms with E-state index in [2.05, 4.69) is 20.5 Å². The van der Waals surface area contributed by atoms with E-state index >= 15 is 0 Å². The Hall–Kier alpha value is -3.60. The van der Waals surface area contributed by atoms with Crippen molar-refractivity contribution in [3.8, 4) is 11.4 Å². The maximum atomic E-state index is 13.2. The second kappa shape index (κ2) is 9.27. The molecule has 4 rings (SSSR count). The van der Waals surface area contributed by atoms with Gasteiger partial charge < -0.3 is 9.73 Å². The number of rotatable bonds is 7. The first-order valence-corrected chi connectivity index (χ1v) is 10.4. The standard InChI is InChI=1S/C21H16F3N5O2S/c22-21(23,24)16-5-1-2-6-17(16)26-18(30)13-32-20-28-27-19(14-7-9-25-10-8-14)29(20)12-15-4-3-11-31-15/h1-11H,12-13H2,(H,26,30). The second-order valence-electron chi connectivity index (χ2n) is 6.59. The highest BCUT2D eigenvalue weighted by Gasteiger charge is 2.33. The summed E-state index contributed by atoms with van der Waals surface area (Å²) in [6.45, 7) is 0.318. The Balaban J connectivity index is 1.52. The summed E-state index contributed by atoms with van der Waals surface area (Å²) in [4.78, 5) is 16.4. The van der Waals surface area contributed by atoms with Crippen molar-refractivity contribution in [1.82, 2.24) is 19.7 Å².